The van der Waals surface area contributed by atoms with Gasteiger partial charge in [-0.15, -0.1) is 0 Å². The summed E-state index contributed by atoms with van der Waals surface area (Å²) in [6, 6.07) is 12.5. The summed E-state index contributed by atoms with van der Waals surface area (Å²) in [5.74, 6) is -0.209. The van der Waals surface area contributed by atoms with Crippen LogP contribution in [0.5, 0.6) is 0 Å². The number of hydrogen-bond acceptors (Lipinski definition) is 6. The van der Waals surface area contributed by atoms with Crippen molar-refractivity contribution in [1.82, 2.24) is 9.97 Å². The highest BCUT2D eigenvalue weighted by molar-refractivity contribution is 6.13. The lowest BCUT2D eigenvalue weighted by atomic mass is 9.97. The lowest BCUT2D eigenvalue weighted by Crippen LogP contribution is -2.47. The summed E-state index contributed by atoms with van der Waals surface area (Å²) < 4.78 is 14.9. The molecule has 1 fully saturated rings. The summed E-state index contributed by atoms with van der Waals surface area (Å²) in [4.78, 5) is 29.5. The first-order valence-electron chi connectivity index (χ1n) is 10.6. The van der Waals surface area contributed by atoms with E-state index >= 15 is 0 Å². The van der Waals surface area contributed by atoms with Crippen molar-refractivity contribution in [3.8, 4) is 0 Å². The van der Waals surface area contributed by atoms with E-state index < -0.39 is 5.92 Å². The SMILES string of the molecule is Cc1cccc2c1C(C=Nc1ccc(N3CCN(c4ncccn4)CC3)c(F)c1)C(=O)N2. The molecule has 7 nitrogen and oxygen atoms in total. The number of fused-ring (bicyclic) bond motifs is 1. The van der Waals surface area contributed by atoms with Gasteiger partial charge in [0.2, 0.25) is 11.9 Å². The third kappa shape index (κ3) is 3.79. The minimum atomic E-state index is -0.470. The average molecular weight is 430 g/mol. The maximum Gasteiger partial charge on any atom is 0.237 e. The van der Waals surface area contributed by atoms with Gasteiger partial charge in [-0.3, -0.25) is 9.79 Å². The molecule has 2 aromatic carbocycles. The zero-order chi connectivity index (χ0) is 22.1. The molecule has 1 atom stereocenters. The van der Waals surface area contributed by atoms with Crippen molar-refractivity contribution < 1.29 is 9.18 Å². The quantitative estimate of drug-likeness (QED) is 0.639. The number of aryl methyl sites for hydroxylation is 1. The Morgan fingerprint density at radius 3 is 2.56 bits per heavy atom. The van der Waals surface area contributed by atoms with E-state index in [1.807, 2.05) is 30.0 Å². The lowest BCUT2D eigenvalue weighted by Gasteiger charge is -2.36. The molecule has 1 amide bonds. The Morgan fingerprint density at radius 1 is 1.06 bits per heavy atom. The summed E-state index contributed by atoms with van der Waals surface area (Å²) in [7, 11) is 0. The van der Waals surface area contributed by atoms with E-state index in [4.69, 9.17) is 0 Å². The molecule has 0 radical (unpaired) electrons. The van der Waals surface area contributed by atoms with Gasteiger partial charge in [0.25, 0.3) is 0 Å². The van der Waals surface area contributed by atoms with Crippen LogP contribution in [0.2, 0.25) is 0 Å². The summed E-state index contributed by atoms with van der Waals surface area (Å²) in [6.07, 6.45) is 5.05. The van der Waals surface area contributed by atoms with Gasteiger partial charge in [-0.05, 0) is 42.3 Å². The largest absolute Gasteiger partial charge is 0.366 e. The van der Waals surface area contributed by atoms with E-state index in [1.54, 1.807) is 36.8 Å². The van der Waals surface area contributed by atoms with E-state index in [0.29, 0.717) is 30.4 Å². The van der Waals surface area contributed by atoms with Gasteiger partial charge in [0.05, 0.1) is 11.4 Å². The summed E-state index contributed by atoms with van der Waals surface area (Å²) >= 11 is 0. The van der Waals surface area contributed by atoms with Crippen LogP contribution in [0.25, 0.3) is 0 Å². The molecule has 8 heteroatoms. The van der Waals surface area contributed by atoms with Crippen molar-refractivity contribution in [3.63, 3.8) is 0 Å². The van der Waals surface area contributed by atoms with Gasteiger partial charge in [-0.25, -0.2) is 14.4 Å². The normalized spacial score (nSPS) is 18.2. The Balaban J connectivity index is 1.28. The molecule has 5 rings (SSSR count). The monoisotopic (exact) mass is 430 g/mol. The van der Waals surface area contributed by atoms with Gasteiger partial charge >= 0.3 is 0 Å². The number of amides is 1. The van der Waals surface area contributed by atoms with Crippen molar-refractivity contribution in [1.29, 1.82) is 0 Å². The van der Waals surface area contributed by atoms with Crippen molar-refractivity contribution in [2.75, 3.05) is 41.3 Å². The molecular formula is C24H23FN6O. The van der Waals surface area contributed by atoms with E-state index in [-0.39, 0.29) is 11.7 Å². The second-order valence-electron chi connectivity index (χ2n) is 7.94. The van der Waals surface area contributed by atoms with Crippen LogP contribution in [0.15, 0.2) is 59.9 Å². The first-order chi connectivity index (χ1) is 15.6. The molecule has 3 heterocycles. The molecule has 1 N–H and O–H groups in total. The topological polar surface area (TPSA) is 73.7 Å². The molecule has 0 aliphatic carbocycles. The van der Waals surface area contributed by atoms with Crippen LogP contribution in [-0.2, 0) is 4.79 Å². The van der Waals surface area contributed by atoms with Crippen LogP contribution in [0.3, 0.4) is 0 Å². The number of carbonyl (C=O) groups excluding carboxylic acids is 1. The number of halogens is 1. The molecular weight excluding hydrogens is 407 g/mol. The lowest BCUT2D eigenvalue weighted by molar-refractivity contribution is -0.115. The number of benzene rings is 2. The first-order valence-corrected chi connectivity index (χ1v) is 10.6. The summed E-state index contributed by atoms with van der Waals surface area (Å²) in [5.41, 5.74) is 3.81. The van der Waals surface area contributed by atoms with Crippen LogP contribution in [0.4, 0.5) is 27.4 Å². The van der Waals surface area contributed by atoms with Gasteiger partial charge in [-0.1, -0.05) is 12.1 Å². The molecule has 1 saturated heterocycles. The van der Waals surface area contributed by atoms with Crippen molar-refractivity contribution >= 4 is 35.1 Å². The number of aliphatic imine (C=N–C) groups is 1. The molecule has 2 aliphatic rings. The van der Waals surface area contributed by atoms with Crippen molar-refractivity contribution in [3.05, 3.63) is 71.8 Å². The van der Waals surface area contributed by atoms with Crippen LogP contribution >= 0.6 is 0 Å². The number of carbonyl (C=O) groups is 1. The maximum atomic E-state index is 14.9. The zero-order valence-corrected chi connectivity index (χ0v) is 17.7. The van der Waals surface area contributed by atoms with Gasteiger partial charge in [-0.2, -0.15) is 0 Å². The second-order valence-corrected chi connectivity index (χ2v) is 7.94. The minimum absolute atomic E-state index is 0.115. The highest BCUT2D eigenvalue weighted by Gasteiger charge is 2.30. The Kier molecular flexibility index (Phi) is 5.26. The number of piperazine rings is 1. The van der Waals surface area contributed by atoms with Crippen molar-refractivity contribution in [2.24, 2.45) is 4.99 Å². The first kappa shape index (κ1) is 20.1. The molecule has 1 unspecified atom stereocenters. The van der Waals surface area contributed by atoms with Crippen LogP contribution in [-0.4, -0.2) is 48.3 Å². The fourth-order valence-electron chi connectivity index (χ4n) is 4.28. The molecule has 1 aromatic heterocycles. The molecule has 3 aromatic rings. The Morgan fingerprint density at radius 2 is 1.81 bits per heavy atom. The zero-order valence-electron chi connectivity index (χ0n) is 17.7. The smallest absolute Gasteiger partial charge is 0.237 e. The van der Waals surface area contributed by atoms with Crippen LogP contribution < -0.4 is 15.1 Å². The third-order valence-corrected chi connectivity index (χ3v) is 5.93. The van der Waals surface area contributed by atoms with E-state index in [9.17, 15) is 9.18 Å². The predicted molar refractivity (Wildman–Crippen MR) is 124 cm³/mol. The van der Waals surface area contributed by atoms with E-state index in [2.05, 4.69) is 25.2 Å². The maximum absolute atomic E-state index is 14.9. The predicted octanol–water partition coefficient (Wildman–Crippen LogP) is 3.69. The number of nitrogens with zero attached hydrogens (tertiary/aromatic N) is 5. The van der Waals surface area contributed by atoms with Gasteiger partial charge in [0.1, 0.15) is 11.7 Å². The minimum Gasteiger partial charge on any atom is -0.366 e. The fraction of sp³-hybridized carbons (Fsp3) is 0.250. The molecule has 162 valence electrons. The summed E-state index contributed by atoms with van der Waals surface area (Å²) in [5, 5.41) is 2.88. The average Bonchev–Trinajstić information content (AvgIpc) is 3.15. The van der Waals surface area contributed by atoms with Crippen LogP contribution in [0.1, 0.15) is 17.0 Å². The Bertz CT molecular complexity index is 1170. The molecule has 0 spiro atoms. The number of aromatic nitrogens is 2. The van der Waals surface area contributed by atoms with Crippen LogP contribution in [0, 0.1) is 12.7 Å². The number of anilines is 3. The standard InChI is InChI=1S/C24H23FN6O/c1-16-4-2-5-20-22(16)18(23(32)29-20)15-28-17-6-7-21(19(25)14-17)30-10-12-31(13-11-30)24-26-8-3-9-27-24/h2-9,14-15,18H,10-13H2,1H3,(H,29,32). The second kappa shape index (κ2) is 8.37. The molecule has 2 aliphatic heterocycles. The number of hydrogen-bond donors (Lipinski definition) is 1. The number of nitrogens with one attached hydrogen (secondary N) is 1. The molecule has 32 heavy (non-hydrogen) atoms. The highest BCUT2D eigenvalue weighted by atomic mass is 19.1. The Labute approximate surface area is 185 Å². The molecule has 0 saturated carbocycles. The van der Waals surface area contributed by atoms with Gasteiger partial charge < -0.3 is 15.1 Å². The highest BCUT2D eigenvalue weighted by Crippen LogP contribution is 2.34. The van der Waals surface area contributed by atoms with Crippen molar-refractivity contribution in [2.45, 2.75) is 12.8 Å². The summed E-state index contributed by atoms with van der Waals surface area (Å²) in [6.45, 7) is 4.77. The van der Waals surface area contributed by atoms with E-state index in [1.165, 1.54) is 6.07 Å². The number of rotatable bonds is 4. The Hall–Kier alpha value is -3.81. The fourth-order valence-corrected chi connectivity index (χ4v) is 4.28. The third-order valence-electron chi connectivity index (χ3n) is 5.93. The molecule has 0 bridgehead atoms. The van der Waals surface area contributed by atoms with Gasteiger partial charge in [0, 0.05) is 56.5 Å². The van der Waals surface area contributed by atoms with E-state index in [0.717, 1.165) is 29.9 Å². The van der Waals surface area contributed by atoms with Gasteiger partial charge in [0.15, 0.2) is 0 Å².